The third kappa shape index (κ3) is 3.22. The fourth-order valence-electron chi connectivity index (χ4n) is 2.07. The van der Waals surface area contributed by atoms with Crippen LogP contribution in [0.15, 0.2) is 6.07 Å². The Morgan fingerprint density at radius 2 is 2.19 bits per heavy atom. The van der Waals surface area contributed by atoms with E-state index in [2.05, 4.69) is 24.3 Å². The molecule has 0 radical (unpaired) electrons. The van der Waals surface area contributed by atoms with Crippen molar-refractivity contribution in [2.24, 2.45) is 18.7 Å². The predicted octanol–water partition coefficient (Wildman–Crippen LogP) is 2.47. The standard InChI is InChI=1S/C14H22N4OS.ClH/c1-8(2)14(4,7-15)16-12(19)11-6-10-9(3)17-18(5)13(10)20-11;/h6,8H,7,15H2,1-5H3,(H,16,19);1H. The number of nitrogens with zero attached hydrogens (tertiary/aromatic N) is 2. The molecule has 5 nitrogen and oxygen atoms in total. The molecule has 21 heavy (non-hydrogen) atoms. The second-order valence-electron chi connectivity index (χ2n) is 5.77. The van der Waals surface area contributed by atoms with Crippen molar-refractivity contribution < 1.29 is 4.79 Å². The van der Waals surface area contributed by atoms with Crippen LogP contribution in [0.1, 0.15) is 36.1 Å². The van der Waals surface area contributed by atoms with Gasteiger partial charge >= 0.3 is 0 Å². The molecule has 0 aliphatic heterocycles. The zero-order valence-electron chi connectivity index (χ0n) is 13.1. The molecule has 2 rings (SSSR count). The molecule has 0 saturated carbocycles. The molecule has 1 amide bonds. The molecule has 3 N–H and O–H groups in total. The van der Waals surface area contributed by atoms with E-state index in [9.17, 15) is 4.79 Å². The molecule has 0 aliphatic rings. The summed E-state index contributed by atoms with van der Waals surface area (Å²) in [6.07, 6.45) is 0. The van der Waals surface area contributed by atoms with Gasteiger partial charge in [-0.05, 0) is 25.8 Å². The molecule has 2 aromatic heterocycles. The summed E-state index contributed by atoms with van der Waals surface area (Å²) in [6, 6.07) is 1.91. The number of hydrogen-bond donors (Lipinski definition) is 2. The second kappa shape index (κ2) is 6.34. The summed E-state index contributed by atoms with van der Waals surface area (Å²) in [4.78, 5) is 14.2. The number of aromatic nitrogens is 2. The van der Waals surface area contributed by atoms with Gasteiger partial charge in [0.1, 0.15) is 4.83 Å². The maximum atomic E-state index is 12.4. The highest BCUT2D eigenvalue weighted by Gasteiger charge is 2.29. The largest absolute Gasteiger partial charge is 0.345 e. The van der Waals surface area contributed by atoms with Gasteiger partial charge in [0.25, 0.3) is 5.91 Å². The van der Waals surface area contributed by atoms with Gasteiger partial charge in [0, 0.05) is 19.0 Å². The first-order valence-corrected chi connectivity index (χ1v) is 7.56. The summed E-state index contributed by atoms with van der Waals surface area (Å²) in [5.74, 6) is 0.210. The lowest BCUT2D eigenvalue weighted by atomic mass is 9.88. The molecule has 0 spiro atoms. The van der Waals surface area contributed by atoms with Crippen molar-refractivity contribution in [3.63, 3.8) is 0 Å². The third-order valence-electron chi connectivity index (χ3n) is 4.02. The number of amides is 1. The Morgan fingerprint density at radius 1 is 1.57 bits per heavy atom. The molecule has 118 valence electrons. The second-order valence-corrected chi connectivity index (χ2v) is 6.80. The Hall–Kier alpha value is -1.11. The normalized spacial score (nSPS) is 14.0. The van der Waals surface area contributed by atoms with Crippen molar-refractivity contribution in [3.8, 4) is 0 Å². The van der Waals surface area contributed by atoms with Crippen LogP contribution in [0.4, 0.5) is 0 Å². The molecule has 0 fully saturated rings. The quantitative estimate of drug-likeness (QED) is 0.904. The molecule has 0 bridgehead atoms. The van der Waals surface area contributed by atoms with E-state index < -0.39 is 0 Å². The number of aryl methyl sites for hydroxylation is 2. The molecule has 1 unspecified atom stereocenters. The number of thiophene rings is 1. The van der Waals surface area contributed by atoms with E-state index in [0.29, 0.717) is 11.4 Å². The smallest absolute Gasteiger partial charge is 0.261 e. The molecular formula is C14H23ClN4OS. The van der Waals surface area contributed by atoms with Crippen molar-refractivity contribution in [1.29, 1.82) is 0 Å². The van der Waals surface area contributed by atoms with Crippen LogP contribution in [-0.2, 0) is 7.05 Å². The van der Waals surface area contributed by atoms with Gasteiger partial charge in [-0.3, -0.25) is 9.48 Å². The first kappa shape index (κ1) is 17.9. The lowest BCUT2D eigenvalue weighted by Crippen LogP contribution is -2.54. The number of nitrogens with one attached hydrogen (secondary N) is 1. The highest BCUT2D eigenvalue weighted by Crippen LogP contribution is 2.28. The summed E-state index contributed by atoms with van der Waals surface area (Å²) in [7, 11) is 1.89. The van der Waals surface area contributed by atoms with Gasteiger partial charge < -0.3 is 11.1 Å². The molecule has 0 aliphatic carbocycles. The van der Waals surface area contributed by atoms with Gasteiger partial charge in [0.15, 0.2) is 0 Å². The van der Waals surface area contributed by atoms with E-state index in [1.54, 1.807) is 0 Å². The number of hydrogen-bond acceptors (Lipinski definition) is 4. The summed E-state index contributed by atoms with van der Waals surface area (Å²) in [5.41, 5.74) is 6.37. The molecular weight excluding hydrogens is 308 g/mol. The molecule has 7 heteroatoms. The monoisotopic (exact) mass is 330 g/mol. The van der Waals surface area contributed by atoms with Crippen LogP contribution >= 0.6 is 23.7 Å². The summed E-state index contributed by atoms with van der Waals surface area (Å²) < 4.78 is 1.82. The molecule has 1 atom stereocenters. The molecule has 0 saturated heterocycles. The van der Waals surface area contributed by atoms with Crippen LogP contribution in [0.25, 0.3) is 10.2 Å². The van der Waals surface area contributed by atoms with Crippen LogP contribution in [-0.4, -0.2) is 27.8 Å². The van der Waals surface area contributed by atoms with Gasteiger partial charge in [0.05, 0.1) is 16.1 Å². The minimum absolute atomic E-state index is 0. The van der Waals surface area contributed by atoms with Crippen LogP contribution in [0, 0.1) is 12.8 Å². The Bertz CT molecular complexity index is 614. The van der Waals surface area contributed by atoms with Crippen LogP contribution in [0.3, 0.4) is 0 Å². The van der Waals surface area contributed by atoms with E-state index in [0.717, 1.165) is 15.9 Å². The summed E-state index contributed by atoms with van der Waals surface area (Å²) in [5, 5.41) is 8.45. The topological polar surface area (TPSA) is 72.9 Å². The van der Waals surface area contributed by atoms with E-state index >= 15 is 0 Å². The number of fused-ring (bicyclic) bond motifs is 1. The van der Waals surface area contributed by atoms with Gasteiger partial charge in [-0.1, -0.05) is 13.8 Å². The van der Waals surface area contributed by atoms with E-state index in [1.807, 2.05) is 31.6 Å². The maximum absolute atomic E-state index is 12.4. The number of carbonyl (C=O) groups excluding carboxylic acids is 1. The van der Waals surface area contributed by atoms with Crippen molar-refractivity contribution in [1.82, 2.24) is 15.1 Å². The van der Waals surface area contributed by atoms with Crippen LogP contribution < -0.4 is 11.1 Å². The Morgan fingerprint density at radius 3 is 2.67 bits per heavy atom. The first-order chi connectivity index (χ1) is 9.28. The summed E-state index contributed by atoms with van der Waals surface area (Å²) in [6.45, 7) is 8.48. The van der Waals surface area contributed by atoms with Crippen LogP contribution in [0.2, 0.25) is 0 Å². The third-order valence-corrected chi connectivity index (χ3v) is 5.22. The van der Waals surface area contributed by atoms with Gasteiger partial charge in [-0.25, -0.2) is 0 Å². The maximum Gasteiger partial charge on any atom is 0.261 e. The highest BCUT2D eigenvalue weighted by molar-refractivity contribution is 7.20. The number of rotatable bonds is 4. The number of nitrogens with two attached hydrogens (primary N) is 1. The SMILES string of the molecule is Cc1nn(C)c2sc(C(=O)NC(C)(CN)C(C)C)cc12.Cl. The van der Waals surface area contributed by atoms with Crippen molar-refractivity contribution in [3.05, 3.63) is 16.6 Å². The van der Waals surface area contributed by atoms with E-state index in [1.165, 1.54) is 11.3 Å². The average molecular weight is 331 g/mol. The lowest BCUT2D eigenvalue weighted by molar-refractivity contribution is 0.0887. The minimum Gasteiger partial charge on any atom is -0.345 e. The Balaban J connectivity index is 0.00000220. The zero-order chi connectivity index (χ0) is 15.1. The molecule has 2 heterocycles. The Labute approximate surface area is 135 Å². The van der Waals surface area contributed by atoms with Crippen molar-refractivity contribution in [2.75, 3.05) is 6.54 Å². The molecule has 2 aromatic rings. The fraction of sp³-hybridized carbons (Fsp3) is 0.571. The average Bonchev–Trinajstić information content (AvgIpc) is 2.92. The zero-order valence-corrected chi connectivity index (χ0v) is 14.7. The highest BCUT2D eigenvalue weighted by atomic mass is 35.5. The molecule has 0 aromatic carbocycles. The van der Waals surface area contributed by atoms with Gasteiger partial charge in [0.2, 0.25) is 0 Å². The minimum atomic E-state index is -0.388. The number of carbonyl (C=O) groups is 1. The predicted molar refractivity (Wildman–Crippen MR) is 90.3 cm³/mol. The van der Waals surface area contributed by atoms with E-state index in [4.69, 9.17) is 5.73 Å². The Kier molecular flexibility index (Phi) is 5.41. The van der Waals surface area contributed by atoms with Crippen molar-refractivity contribution in [2.45, 2.75) is 33.2 Å². The lowest BCUT2D eigenvalue weighted by Gasteiger charge is -2.33. The van der Waals surface area contributed by atoms with E-state index in [-0.39, 0.29) is 29.8 Å². The van der Waals surface area contributed by atoms with Gasteiger partial charge in [-0.15, -0.1) is 23.7 Å². The first-order valence-electron chi connectivity index (χ1n) is 6.74. The van der Waals surface area contributed by atoms with Crippen LogP contribution in [0.5, 0.6) is 0 Å². The number of halogens is 1. The fourth-order valence-corrected chi connectivity index (χ4v) is 3.09. The van der Waals surface area contributed by atoms with Gasteiger partial charge in [-0.2, -0.15) is 5.10 Å². The van der Waals surface area contributed by atoms with Crippen molar-refractivity contribution >= 4 is 39.9 Å². The summed E-state index contributed by atoms with van der Waals surface area (Å²) >= 11 is 1.46.